The Hall–Kier alpha value is -14.0. The van der Waals surface area contributed by atoms with Gasteiger partial charge in [-0.05, 0) is 268 Å². The second-order valence-corrected chi connectivity index (χ2v) is 42.5. The van der Waals surface area contributed by atoms with Gasteiger partial charge in [0.25, 0.3) is 0 Å². The Morgan fingerprint density at radius 1 is 0.327 bits per heavy atom. The molecule has 13 atom stereocenters. The Bertz CT molecular complexity index is 6390. The van der Waals surface area contributed by atoms with E-state index in [9.17, 15) is 43.2 Å². The molecule has 0 saturated carbocycles. The van der Waals surface area contributed by atoms with Crippen LogP contribution in [-0.4, -0.2) is 245 Å². The number of nitrogens with one attached hydrogen (secondary N) is 5. The Labute approximate surface area is 860 Å². The van der Waals surface area contributed by atoms with Crippen LogP contribution in [0.4, 0.5) is 24.0 Å². The van der Waals surface area contributed by atoms with Gasteiger partial charge in [-0.15, -0.1) is 0 Å². The van der Waals surface area contributed by atoms with E-state index in [1.165, 1.54) is 74.8 Å². The molecule has 9 amide bonds. The summed E-state index contributed by atoms with van der Waals surface area (Å²) in [6.07, 6.45) is 32.7. The number of hydrogen-bond donors (Lipinski definition) is 5. The van der Waals surface area contributed by atoms with Crippen LogP contribution >= 0.6 is 0 Å². The van der Waals surface area contributed by atoms with Gasteiger partial charge < -0.3 is 69.9 Å². The molecule has 15 aliphatic heterocycles. The van der Waals surface area contributed by atoms with Crippen LogP contribution in [0, 0.1) is 5.92 Å². The third-order valence-corrected chi connectivity index (χ3v) is 32.0. The lowest BCUT2D eigenvalue weighted by atomic mass is 9.94. The predicted octanol–water partition coefficient (Wildman–Crippen LogP) is 19.5. The highest BCUT2D eigenvalue weighted by Gasteiger charge is 2.50. The summed E-state index contributed by atoms with van der Waals surface area (Å²) in [6.45, 7) is 12.0. The number of fused-ring (bicyclic) bond motifs is 3. The fraction of sp³-hybridized carbons (Fsp3) is 0.462. The van der Waals surface area contributed by atoms with Gasteiger partial charge in [0.05, 0.1) is 58.6 Å². The molecule has 0 aliphatic carbocycles. The second kappa shape index (κ2) is 45.1. The highest BCUT2D eigenvalue weighted by molar-refractivity contribution is 6.09. The van der Waals surface area contributed by atoms with Gasteiger partial charge in [-0.25, -0.2) is 24.0 Å². The molecule has 768 valence electrons. The normalized spacial score (nSPS) is 25.3. The van der Waals surface area contributed by atoms with E-state index >= 15 is 0 Å². The van der Waals surface area contributed by atoms with Crippen molar-refractivity contribution in [1.29, 1.82) is 0 Å². The van der Waals surface area contributed by atoms with Crippen molar-refractivity contribution in [3.05, 3.63) is 216 Å². The number of hydrogen-bond acceptors (Lipinski definition) is 21. The summed E-state index contributed by atoms with van der Waals surface area (Å²) in [5.41, 5.74) is 26.6. The van der Waals surface area contributed by atoms with Crippen molar-refractivity contribution in [3.8, 4) is 33.4 Å². The predicted molar refractivity (Wildman–Crippen MR) is 572 cm³/mol. The van der Waals surface area contributed by atoms with Crippen LogP contribution in [0.2, 0.25) is 0 Å². The smallest absolute Gasteiger partial charge is 0.410 e. The SMILES string of the molecule is COC(=O)NC(C(=O)N1CCC[C@H]1C1=NC=C(c2ccc(-c3ccc(C4=CN=C([C@@H]5CC[C@H]6CCC[C@H](NC(=O)OC)C(=O)N65)C4)cc3)cc2)C1)C(C)C.COC(=O)N[C@H]1CCC[C@@H]2CC[C@@H](C3=NC=C(c4ccc(-c5ccc(C6=CN=C([C@@H]7CCCN7)C6)cc5)cc4)C3)N2C1=O.COC(=O)N[C@H]1CCC[C@@H]2CC[C@@H](C3=NC=C(c4ccc(-c5ccc(C6=CN=C([C@@H]7CCCN7C(=O)OC(C)(C)C)C6)cc5)cc4)C3)N2C1=O. The van der Waals surface area contributed by atoms with E-state index in [1.807, 2.05) is 96.3 Å². The third-order valence-electron chi connectivity index (χ3n) is 32.0. The molecule has 147 heavy (non-hydrogen) atoms. The first kappa shape index (κ1) is 102. The number of likely N-dealkylation sites (tertiary alicyclic amines) is 2. The largest absolute Gasteiger partial charge is 0.453 e. The zero-order valence-corrected chi connectivity index (χ0v) is 85.8. The van der Waals surface area contributed by atoms with E-state index in [-0.39, 0.29) is 84.0 Å². The first-order chi connectivity index (χ1) is 71.3. The summed E-state index contributed by atoms with van der Waals surface area (Å²) >= 11 is 0. The van der Waals surface area contributed by atoms with Crippen molar-refractivity contribution in [3.63, 3.8) is 0 Å². The molecule has 9 fully saturated rings. The Morgan fingerprint density at radius 2 is 0.605 bits per heavy atom. The van der Waals surface area contributed by atoms with E-state index in [1.54, 1.807) is 0 Å². The second-order valence-electron chi connectivity index (χ2n) is 42.5. The van der Waals surface area contributed by atoms with Crippen LogP contribution in [0.3, 0.4) is 0 Å². The molecule has 30 nitrogen and oxygen atoms in total. The molecule has 6 aromatic rings. The van der Waals surface area contributed by atoms with Crippen molar-refractivity contribution in [2.45, 2.75) is 292 Å². The number of carbonyl (C=O) groups excluding carboxylic acids is 9. The molecule has 15 aliphatic rings. The van der Waals surface area contributed by atoms with Crippen LogP contribution in [-0.2, 0) is 42.9 Å². The van der Waals surface area contributed by atoms with Crippen molar-refractivity contribution < 1.29 is 66.8 Å². The van der Waals surface area contributed by atoms with Gasteiger partial charge in [0.15, 0.2) is 0 Å². The van der Waals surface area contributed by atoms with Crippen LogP contribution in [0.5, 0.6) is 0 Å². The highest BCUT2D eigenvalue weighted by Crippen LogP contribution is 2.44. The average Bonchev–Trinajstić information content (AvgIpc) is 1.63. The minimum absolute atomic E-state index is 0.00932. The van der Waals surface area contributed by atoms with Crippen LogP contribution in [0.15, 0.2) is 213 Å². The molecule has 0 radical (unpaired) electrons. The number of allylic oxidation sites excluding steroid dienone is 6. The maximum absolute atomic E-state index is 13.6. The molecule has 21 rings (SSSR count). The van der Waals surface area contributed by atoms with Crippen LogP contribution < -0.4 is 26.6 Å². The van der Waals surface area contributed by atoms with E-state index in [0.717, 1.165) is 229 Å². The fourth-order valence-electron chi connectivity index (χ4n) is 24.2. The van der Waals surface area contributed by atoms with Crippen molar-refractivity contribution in [2.75, 3.05) is 48.1 Å². The number of amides is 9. The third kappa shape index (κ3) is 22.8. The Balaban J connectivity index is 0.000000140. The summed E-state index contributed by atoms with van der Waals surface area (Å²) in [5.74, 6) is -0.243. The average molecular weight is 1990 g/mol. The van der Waals surface area contributed by atoms with Gasteiger partial charge in [0.2, 0.25) is 23.6 Å². The maximum atomic E-state index is 13.6. The standard InChI is InChI=1S/C42H50N6O6.C40H47N5O5.C35H39N5O3/c1-25(2)38(46-42(52)54-4)40(50)47-20-6-9-36(47)34-21-30(23-43-34)28-14-10-26(11-15-28)27-12-16-29(17-13-27)31-22-35(44-24-31)37-19-18-32-7-5-8-33(39(49)48(32)37)45-41(51)53-3;1-40(2,3)50-39(48)44-20-6-9-35(44)33-21-29(23-41-33)27-14-10-25(11-15-27)26-12-16-28(17-13-26)30-22-34(42-24-30)36-19-18-31-7-5-8-32(37(46)45(31)36)43-38(47)49-4;1-43-35(42)39-30-5-2-4-28-15-16-33(40(28)34(30)41)32-19-27(21-38-32)25-13-9-23(10-14-25)22-7-11-24(12-8-22)26-18-31(37-20-26)29-6-3-17-36-29/h10-17,23-25,32-33,36-38H,5-9,18-22H2,1-4H3,(H,45,51)(H,46,52);10-17,23-24,31-32,35-36H,5-9,18-22H2,1-4H3,(H,43,47);7-14,20-21,28-30,33,36H,2-6,15-19H2,1H3,(H,39,42)/t32-,33+,36+,37+,38?;31-,32+,35+,36+;28-,29+,30+,33+/m111/s1. The Kier molecular flexibility index (Phi) is 31.2. The number of benzene rings is 6. The molecule has 0 bridgehead atoms. The van der Waals surface area contributed by atoms with Gasteiger partial charge in [0.1, 0.15) is 29.8 Å². The lowest BCUT2D eigenvalue weighted by molar-refractivity contribution is -0.135. The fourth-order valence-corrected chi connectivity index (χ4v) is 24.2. The molecule has 5 N–H and O–H groups in total. The van der Waals surface area contributed by atoms with E-state index in [0.29, 0.717) is 57.7 Å². The summed E-state index contributed by atoms with van der Waals surface area (Å²) in [6, 6.07) is 50.3. The molecule has 6 aromatic carbocycles. The van der Waals surface area contributed by atoms with E-state index in [2.05, 4.69) is 172 Å². The van der Waals surface area contributed by atoms with E-state index < -0.39 is 54.1 Å². The molecular weight excluding hydrogens is 1850 g/mol. The number of methoxy groups -OCH3 is 4. The molecule has 0 spiro atoms. The molecule has 0 aromatic heterocycles. The van der Waals surface area contributed by atoms with Gasteiger partial charge in [-0.1, -0.05) is 159 Å². The number of alkyl carbamates (subject to hydrolysis) is 4. The number of ether oxygens (including phenoxy) is 5. The van der Waals surface area contributed by atoms with Gasteiger partial charge in [0, 0.05) is 147 Å². The van der Waals surface area contributed by atoms with Crippen molar-refractivity contribution in [2.24, 2.45) is 35.9 Å². The lowest BCUT2D eigenvalue weighted by Crippen LogP contribution is -2.53. The lowest BCUT2D eigenvalue weighted by Gasteiger charge is -2.31. The number of rotatable bonds is 21. The Morgan fingerprint density at radius 3 is 0.891 bits per heavy atom. The summed E-state index contributed by atoms with van der Waals surface area (Å²) < 4.78 is 24.7. The molecule has 1 unspecified atom stereocenters. The highest BCUT2D eigenvalue weighted by atomic mass is 16.6. The number of carbonyl (C=O) groups is 9. The summed E-state index contributed by atoms with van der Waals surface area (Å²) in [5, 5.41) is 14.5. The minimum atomic E-state index is -0.654. The first-order valence-corrected chi connectivity index (χ1v) is 52.9. The molecule has 9 saturated heterocycles. The summed E-state index contributed by atoms with van der Waals surface area (Å²) in [7, 11) is 5.27. The van der Waals surface area contributed by atoms with Gasteiger partial charge >= 0.3 is 30.5 Å². The first-order valence-electron chi connectivity index (χ1n) is 52.9. The zero-order valence-electron chi connectivity index (χ0n) is 85.8. The van der Waals surface area contributed by atoms with Gasteiger partial charge in [-0.2, -0.15) is 0 Å². The van der Waals surface area contributed by atoms with Crippen LogP contribution in [0.1, 0.15) is 241 Å². The number of aliphatic imine (C=N–C) groups is 6. The van der Waals surface area contributed by atoms with Crippen molar-refractivity contribution in [1.82, 2.24) is 51.1 Å². The number of nitrogens with zero attached hydrogens (tertiary/aromatic N) is 11. The molecular formula is C117H136N16O14. The van der Waals surface area contributed by atoms with E-state index in [4.69, 9.17) is 53.6 Å². The molecule has 30 heteroatoms. The molecule has 15 heterocycles. The zero-order chi connectivity index (χ0) is 102. The monoisotopic (exact) mass is 1990 g/mol. The topological polar surface area (TPSA) is 350 Å². The minimum Gasteiger partial charge on any atom is -0.453 e. The van der Waals surface area contributed by atoms with Gasteiger partial charge in [-0.3, -0.25) is 54.0 Å². The summed E-state index contributed by atoms with van der Waals surface area (Å²) in [4.78, 5) is 153. The van der Waals surface area contributed by atoms with Crippen molar-refractivity contribution >= 4 is 122 Å². The quantitative estimate of drug-likeness (QED) is 0.0418. The maximum Gasteiger partial charge on any atom is 0.410 e. The van der Waals surface area contributed by atoms with Crippen LogP contribution in [0.25, 0.3) is 66.8 Å².